The molecule has 1 aromatic heterocycles. The second-order valence-corrected chi connectivity index (χ2v) is 6.36. The summed E-state index contributed by atoms with van der Waals surface area (Å²) in [6.45, 7) is 10.2. The average Bonchev–Trinajstić information content (AvgIpc) is 2.87. The maximum Gasteiger partial charge on any atom is 0.218 e. The second-order valence-electron chi connectivity index (χ2n) is 6.36. The third-order valence-corrected chi connectivity index (χ3v) is 4.06. The summed E-state index contributed by atoms with van der Waals surface area (Å²) >= 11 is 0. The van der Waals surface area contributed by atoms with Crippen LogP contribution in [0.4, 0.5) is 0 Å². The summed E-state index contributed by atoms with van der Waals surface area (Å²) in [5.41, 5.74) is 3.52. The highest BCUT2D eigenvalue weighted by Crippen LogP contribution is 2.27. The Morgan fingerprint density at radius 2 is 2.00 bits per heavy atom. The third kappa shape index (κ3) is 4.20. The number of nitrogens with zero attached hydrogens (tertiary/aromatic N) is 1. The standard InChI is InChI=1S/C17H28N2O/c1-12(2)18-10-16-13(3)9-14(4)19-17(16)20-11-15-7-5-6-8-15/h9,12,15,18H,5-8,10-11H2,1-4H3. The Morgan fingerprint density at radius 1 is 1.30 bits per heavy atom. The minimum absolute atomic E-state index is 0.471. The Bertz CT molecular complexity index is 437. The molecule has 0 atom stereocenters. The van der Waals surface area contributed by atoms with E-state index in [1.807, 2.05) is 6.92 Å². The van der Waals surface area contributed by atoms with E-state index < -0.39 is 0 Å². The highest BCUT2D eigenvalue weighted by molar-refractivity contribution is 5.35. The molecule has 0 radical (unpaired) electrons. The molecule has 20 heavy (non-hydrogen) atoms. The van der Waals surface area contributed by atoms with Crippen molar-refractivity contribution in [2.45, 2.75) is 66.0 Å². The minimum Gasteiger partial charge on any atom is -0.477 e. The van der Waals surface area contributed by atoms with Gasteiger partial charge < -0.3 is 10.1 Å². The van der Waals surface area contributed by atoms with Gasteiger partial charge in [0.2, 0.25) is 5.88 Å². The van der Waals surface area contributed by atoms with E-state index in [1.54, 1.807) is 0 Å². The van der Waals surface area contributed by atoms with Crippen LogP contribution in [-0.4, -0.2) is 17.6 Å². The lowest BCUT2D eigenvalue weighted by Gasteiger charge is -2.17. The highest BCUT2D eigenvalue weighted by atomic mass is 16.5. The number of aryl methyl sites for hydroxylation is 2. The van der Waals surface area contributed by atoms with Crippen LogP contribution in [0.1, 0.15) is 56.4 Å². The zero-order valence-electron chi connectivity index (χ0n) is 13.3. The first kappa shape index (κ1) is 15.3. The fourth-order valence-corrected chi connectivity index (χ4v) is 2.84. The van der Waals surface area contributed by atoms with Gasteiger partial charge in [-0.3, -0.25) is 0 Å². The van der Waals surface area contributed by atoms with Crippen molar-refractivity contribution in [2.24, 2.45) is 5.92 Å². The van der Waals surface area contributed by atoms with Crippen molar-refractivity contribution >= 4 is 0 Å². The van der Waals surface area contributed by atoms with Gasteiger partial charge in [-0.15, -0.1) is 0 Å². The lowest BCUT2D eigenvalue weighted by Crippen LogP contribution is -2.23. The Labute approximate surface area is 123 Å². The zero-order chi connectivity index (χ0) is 14.5. The summed E-state index contributed by atoms with van der Waals surface area (Å²) < 4.78 is 6.06. The molecule has 1 N–H and O–H groups in total. The minimum atomic E-state index is 0.471. The van der Waals surface area contributed by atoms with Crippen molar-refractivity contribution in [3.8, 4) is 5.88 Å². The molecule has 1 aromatic rings. The molecular weight excluding hydrogens is 248 g/mol. The van der Waals surface area contributed by atoms with Gasteiger partial charge in [-0.2, -0.15) is 0 Å². The van der Waals surface area contributed by atoms with Gasteiger partial charge in [0.25, 0.3) is 0 Å². The summed E-state index contributed by atoms with van der Waals surface area (Å²) in [7, 11) is 0. The van der Waals surface area contributed by atoms with Crippen LogP contribution in [0.15, 0.2) is 6.07 Å². The molecule has 0 unspecified atom stereocenters. The van der Waals surface area contributed by atoms with Gasteiger partial charge in [-0.05, 0) is 44.2 Å². The van der Waals surface area contributed by atoms with Crippen molar-refractivity contribution in [3.05, 3.63) is 22.9 Å². The Balaban J connectivity index is 2.07. The molecule has 1 heterocycles. The molecule has 3 nitrogen and oxygen atoms in total. The maximum absolute atomic E-state index is 6.06. The predicted molar refractivity (Wildman–Crippen MR) is 83.1 cm³/mol. The van der Waals surface area contributed by atoms with Gasteiger partial charge in [0.1, 0.15) is 0 Å². The molecule has 3 heteroatoms. The van der Waals surface area contributed by atoms with Crippen molar-refractivity contribution in [3.63, 3.8) is 0 Å². The summed E-state index contributed by atoms with van der Waals surface area (Å²) in [5, 5.41) is 3.47. The summed E-state index contributed by atoms with van der Waals surface area (Å²) in [6, 6.07) is 2.61. The van der Waals surface area contributed by atoms with Crippen LogP contribution >= 0.6 is 0 Å². The maximum atomic E-state index is 6.06. The lowest BCUT2D eigenvalue weighted by atomic mass is 10.1. The number of pyridine rings is 1. The molecule has 0 bridgehead atoms. The number of aromatic nitrogens is 1. The van der Waals surface area contributed by atoms with Crippen molar-refractivity contribution in [2.75, 3.05) is 6.61 Å². The summed E-state index contributed by atoms with van der Waals surface area (Å²) in [5.74, 6) is 1.56. The average molecular weight is 276 g/mol. The normalized spacial score (nSPS) is 16.1. The molecule has 0 aliphatic heterocycles. The number of ether oxygens (including phenoxy) is 1. The Morgan fingerprint density at radius 3 is 2.65 bits per heavy atom. The quantitative estimate of drug-likeness (QED) is 0.859. The molecule has 0 spiro atoms. The number of nitrogens with one attached hydrogen (secondary N) is 1. The van der Waals surface area contributed by atoms with E-state index in [0.29, 0.717) is 6.04 Å². The predicted octanol–water partition coefficient (Wildman–Crippen LogP) is 3.77. The van der Waals surface area contributed by atoms with Crippen molar-refractivity contribution in [1.29, 1.82) is 0 Å². The lowest BCUT2D eigenvalue weighted by molar-refractivity contribution is 0.240. The fourth-order valence-electron chi connectivity index (χ4n) is 2.84. The molecule has 2 rings (SSSR count). The van der Waals surface area contributed by atoms with Crippen LogP contribution in [0.2, 0.25) is 0 Å². The zero-order valence-corrected chi connectivity index (χ0v) is 13.3. The molecule has 1 aliphatic carbocycles. The van der Waals surface area contributed by atoms with E-state index in [0.717, 1.165) is 30.6 Å². The van der Waals surface area contributed by atoms with E-state index in [-0.39, 0.29) is 0 Å². The molecule has 1 aliphatic rings. The highest BCUT2D eigenvalue weighted by Gasteiger charge is 2.17. The van der Waals surface area contributed by atoms with Gasteiger partial charge in [-0.25, -0.2) is 4.98 Å². The molecule has 0 saturated heterocycles. The van der Waals surface area contributed by atoms with Crippen LogP contribution in [0, 0.1) is 19.8 Å². The smallest absolute Gasteiger partial charge is 0.218 e. The van der Waals surface area contributed by atoms with E-state index >= 15 is 0 Å². The second kappa shape index (κ2) is 7.07. The summed E-state index contributed by atoms with van der Waals surface area (Å²) in [6.07, 6.45) is 5.33. The fraction of sp³-hybridized carbons (Fsp3) is 0.706. The van der Waals surface area contributed by atoms with E-state index in [1.165, 1.54) is 36.8 Å². The largest absolute Gasteiger partial charge is 0.477 e. The molecular formula is C17H28N2O. The molecule has 1 fully saturated rings. The van der Waals surface area contributed by atoms with E-state index in [9.17, 15) is 0 Å². The van der Waals surface area contributed by atoms with Crippen LogP contribution in [0.25, 0.3) is 0 Å². The van der Waals surface area contributed by atoms with Gasteiger partial charge in [0.05, 0.1) is 6.61 Å². The number of hydrogen-bond donors (Lipinski definition) is 1. The van der Waals surface area contributed by atoms with E-state index in [4.69, 9.17) is 4.74 Å². The van der Waals surface area contributed by atoms with E-state index in [2.05, 4.69) is 37.1 Å². The van der Waals surface area contributed by atoms with Crippen LogP contribution < -0.4 is 10.1 Å². The van der Waals surface area contributed by atoms with Crippen LogP contribution in [-0.2, 0) is 6.54 Å². The first-order chi connectivity index (χ1) is 9.56. The van der Waals surface area contributed by atoms with Crippen molar-refractivity contribution in [1.82, 2.24) is 10.3 Å². The SMILES string of the molecule is Cc1cc(C)c(CNC(C)C)c(OCC2CCCC2)n1. The first-order valence-corrected chi connectivity index (χ1v) is 7.89. The molecule has 112 valence electrons. The van der Waals surface area contributed by atoms with Crippen LogP contribution in [0.3, 0.4) is 0 Å². The van der Waals surface area contributed by atoms with Gasteiger partial charge in [0.15, 0.2) is 0 Å². The Hall–Kier alpha value is -1.09. The van der Waals surface area contributed by atoms with Crippen LogP contribution in [0.5, 0.6) is 5.88 Å². The first-order valence-electron chi connectivity index (χ1n) is 7.89. The summed E-state index contributed by atoms with van der Waals surface area (Å²) in [4.78, 5) is 4.61. The topological polar surface area (TPSA) is 34.1 Å². The number of hydrogen-bond acceptors (Lipinski definition) is 3. The van der Waals surface area contributed by atoms with Gasteiger partial charge in [0, 0.05) is 23.8 Å². The molecule has 1 saturated carbocycles. The number of rotatable bonds is 6. The van der Waals surface area contributed by atoms with Gasteiger partial charge >= 0.3 is 0 Å². The Kier molecular flexibility index (Phi) is 5.41. The monoisotopic (exact) mass is 276 g/mol. The molecule has 0 aromatic carbocycles. The van der Waals surface area contributed by atoms with Gasteiger partial charge in [-0.1, -0.05) is 26.7 Å². The third-order valence-electron chi connectivity index (χ3n) is 4.06. The molecule has 0 amide bonds. The van der Waals surface area contributed by atoms with Crippen molar-refractivity contribution < 1.29 is 4.74 Å².